The van der Waals surface area contributed by atoms with Crippen molar-refractivity contribution in [2.24, 2.45) is 0 Å². The fourth-order valence-corrected chi connectivity index (χ4v) is 3.72. The summed E-state index contributed by atoms with van der Waals surface area (Å²) in [4.78, 5) is 12.1. The Labute approximate surface area is 165 Å². The number of hydrogen-bond acceptors (Lipinski definition) is 3. The first-order valence-electron chi connectivity index (χ1n) is 7.90. The maximum absolute atomic E-state index is 13.7. The normalized spacial score (nSPS) is 11.1. The van der Waals surface area contributed by atoms with Crippen LogP contribution in [0.3, 0.4) is 0 Å². The highest BCUT2D eigenvalue weighted by Gasteiger charge is 2.18. The highest BCUT2D eigenvalue weighted by atomic mass is 35.5. The molecule has 0 spiro atoms. The highest BCUT2D eigenvalue weighted by molar-refractivity contribution is 7.92. The Morgan fingerprint density at radius 1 is 0.929 bits per heavy atom. The molecule has 0 aliphatic carbocycles. The smallest absolute Gasteiger partial charge is 0.262 e. The maximum Gasteiger partial charge on any atom is 0.262 e. The van der Waals surface area contributed by atoms with Crippen molar-refractivity contribution in [3.8, 4) is 0 Å². The molecule has 28 heavy (non-hydrogen) atoms. The number of amides is 1. The van der Waals surface area contributed by atoms with E-state index >= 15 is 0 Å². The van der Waals surface area contributed by atoms with Crippen LogP contribution in [0.4, 0.5) is 20.2 Å². The molecule has 0 bridgehead atoms. The number of carbonyl (C=O) groups is 1. The summed E-state index contributed by atoms with van der Waals surface area (Å²) in [5.41, 5.74) is -0.0494. The Bertz CT molecular complexity index is 1150. The molecule has 0 atom stereocenters. The van der Waals surface area contributed by atoms with Crippen molar-refractivity contribution in [2.45, 2.75) is 4.90 Å². The molecule has 3 rings (SSSR count). The van der Waals surface area contributed by atoms with Crippen LogP contribution < -0.4 is 10.0 Å². The molecular formula is C19H13ClF2N2O3S. The van der Waals surface area contributed by atoms with Crippen molar-refractivity contribution in [3.05, 3.63) is 89.0 Å². The van der Waals surface area contributed by atoms with Gasteiger partial charge in [-0.15, -0.1) is 0 Å². The third kappa shape index (κ3) is 4.47. The van der Waals surface area contributed by atoms with E-state index in [0.29, 0.717) is 6.07 Å². The lowest BCUT2D eigenvalue weighted by molar-refractivity contribution is 0.102. The topological polar surface area (TPSA) is 75.3 Å². The number of hydrogen-bond donors (Lipinski definition) is 2. The van der Waals surface area contributed by atoms with Gasteiger partial charge < -0.3 is 5.32 Å². The average molecular weight is 423 g/mol. The predicted octanol–water partition coefficient (Wildman–Crippen LogP) is 4.67. The molecule has 9 heteroatoms. The number of carbonyl (C=O) groups excluding carboxylic acids is 1. The van der Waals surface area contributed by atoms with E-state index in [2.05, 4.69) is 10.0 Å². The summed E-state index contributed by atoms with van der Waals surface area (Å²) in [6.07, 6.45) is 0. The van der Waals surface area contributed by atoms with Crippen LogP contribution in [-0.4, -0.2) is 14.3 Å². The van der Waals surface area contributed by atoms with Crippen LogP contribution in [0.15, 0.2) is 71.6 Å². The van der Waals surface area contributed by atoms with E-state index in [1.54, 1.807) is 12.1 Å². The third-order valence-electron chi connectivity index (χ3n) is 3.70. The molecular weight excluding hydrogens is 410 g/mol. The zero-order chi connectivity index (χ0) is 20.3. The quantitative estimate of drug-likeness (QED) is 0.627. The number of sulfonamides is 1. The second-order valence-electron chi connectivity index (χ2n) is 5.69. The highest BCUT2D eigenvalue weighted by Crippen LogP contribution is 2.25. The molecule has 0 saturated heterocycles. The number of benzene rings is 3. The monoisotopic (exact) mass is 422 g/mol. The Balaban J connectivity index is 1.83. The van der Waals surface area contributed by atoms with Gasteiger partial charge in [0.2, 0.25) is 0 Å². The summed E-state index contributed by atoms with van der Waals surface area (Å²) in [7, 11) is -3.98. The molecule has 0 unspecified atom stereocenters. The summed E-state index contributed by atoms with van der Waals surface area (Å²) in [6.45, 7) is 0. The Morgan fingerprint density at radius 3 is 2.39 bits per heavy atom. The van der Waals surface area contributed by atoms with Crippen molar-refractivity contribution in [1.29, 1.82) is 0 Å². The summed E-state index contributed by atoms with van der Waals surface area (Å²) >= 11 is 5.97. The summed E-state index contributed by atoms with van der Waals surface area (Å²) < 4.78 is 54.2. The molecule has 0 saturated carbocycles. The molecule has 1 amide bonds. The molecule has 0 aliphatic heterocycles. The van der Waals surface area contributed by atoms with Gasteiger partial charge in [-0.1, -0.05) is 29.8 Å². The SMILES string of the molecule is O=C(Nc1cccc(S(=O)(=O)Nc2ccccc2Cl)c1)c1ccc(F)cc1F. The minimum absolute atomic E-state index is 0.121. The van der Waals surface area contributed by atoms with Gasteiger partial charge in [0, 0.05) is 11.8 Å². The lowest BCUT2D eigenvalue weighted by atomic mass is 10.2. The molecule has 144 valence electrons. The van der Waals surface area contributed by atoms with Gasteiger partial charge in [-0.05, 0) is 42.5 Å². The van der Waals surface area contributed by atoms with Crippen molar-refractivity contribution in [1.82, 2.24) is 0 Å². The summed E-state index contributed by atoms with van der Waals surface area (Å²) in [6, 6.07) is 14.2. The van der Waals surface area contributed by atoms with E-state index in [-0.39, 0.29) is 26.9 Å². The first-order valence-corrected chi connectivity index (χ1v) is 9.76. The second-order valence-corrected chi connectivity index (χ2v) is 7.78. The van der Waals surface area contributed by atoms with Crippen LogP contribution in [0.2, 0.25) is 5.02 Å². The second kappa shape index (κ2) is 7.95. The standard InChI is InChI=1S/C19H13ClF2N2O3S/c20-16-6-1-2-7-18(16)24-28(26,27)14-5-3-4-13(11-14)23-19(25)15-9-8-12(21)10-17(15)22/h1-11,24H,(H,23,25). The van der Waals surface area contributed by atoms with Gasteiger partial charge in [0.25, 0.3) is 15.9 Å². The zero-order valence-electron chi connectivity index (χ0n) is 14.1. The van der Waals surface area contributed by atoms with Gasteiger partial charge in [0.15, 0.2) is 0 Å². The number of nitrogens with one attached hydrogen (secondary N) is 2. The number of halogens is 3. The Morgan fingerprint density at radius 2 is 1.68 bits per heavy atom. The van der Waals surface area contributed by atoms with Crippen molar-refractivity contribution < 1.29 is 22.0 Å². The summed E-state index contributed by atoms with van der Waals surface area (Å²) in [5.74, 6) is -2.68. The molecule has 0 fully saturated rings. The van der Waals surface area contributed by atoms with Gasteiger partial charge in [-0.2, -0.15) is 0 Å². The minimum atomic E-state index is -3.98. The molecule has 3 aromatic rings. The van der Waals surface area contributed by atoms with Crippen LogP contribution >= 0.6 is 11.6 Å². The molecule has 0 aliphatic rings. The zero-order valence-corrected chi connectivity index (χ0v) is 15.7. The first-order chi connectivity index (χ1) is 13.3. The van der Waals surface area contributed by atoms with Gasteiger partial charge in [0.1, 0.15) is 11.6 Å². The number of rotatable bonds is 5. The largest absolute Gasteiger partial charge is 0.322 e. The van der Waals surface area contributed by atoms with Crippen molar-refractivity contribution in [3.63, 3.8) is 0 Å². The van der Waals surface area contributed by atoms with E-state index < -0.39 is 27.6 Å². The minimum Gasteiger partial charge on any atom is -0.322 e. The Hall–Kier alpha value is -2.97. The van der Waals surface area contributed by atoms with Crippen molar-refractivity contribution >= 4 is 38.9 Å². The maximum atomic E-state index is 13.7. The number of anilines is 2. The van der Waals surface area contributed by atoms with Crippen LogP contribution in [-0.2, 0) is 10.0 Å². The molecule has 0 radical (unpaired) electrons. The van der Waals surface area contributed by atoms with Gasteiger partial charge in [0.05, 0.1) is 21.2 Å². The van der Waals surface area contributed by atoms with Crippen molar-refractivity contribution in [2.75, 3.05) is 10.0 Å². The van der Waals surface area contributed by atoms with E-state index in [4.69, 9.17) is 11.6 Å². The third-order valence-corrected chi connectivity index (χ3v) is 5.39. The Kier molecular flexibility index (Phi) is 5.62. The molecule has 5 nitrogen and oxygen atoms in total. The van der Waals surface area contributed by atoms with E-state index in [1.807, 2.05) is 0 Å². The van der Waals surface area contributed by atoms with Crippen LogP contribution in [0.5, 0.6) is 0 Å². The predicted molar refractivity (Wildman–Crippen MR) is 103 cm³/mol. The van der Waals surface area contributed by atoms with Gasteiger partial charge >= 0.3 is 0 Å². The summed E-state index contributed by atoms with van der Waals surface area (Å²) in [5, 5.41) is 2.61. The van der Waals surface area contributed by atoms with E-state index in [1.165, 1.54) is 36.4 Å². The molecule has 3 aromatic carbocycles. The van der Waals surface area contributed by atoms with Crippen LogP contribution in [0.1, 0.15) is 10.4 Å². The lowest BCUT2D eigenvalue weighted by Crippen LogP contribution is -2.16. The van der Waals surface area contributed by atoms with Crippen LogP contribution in [0, 0.1) is 11.6 Å². The molecule has 2 N–H and O–H groups in total. The van der Waals surface area contributed by atoms with Gasteiger partial charge in [-0.3, -0.25) is 9.52 Å². The lowest BCUT2D eigenvalue weighted by Gasteiger charge is -2.11. The molecule has 0 heterocycles. The first kappa shape index (κ1) is 19.8. The van der Waals surface area contributed by atoms with E-state index in [0.717, 1.165) is 12.1 Å². The fraction of sp³-hybridized carbons (Fsp3) is 0. The van der Waals surface area contributed by atoms with Gasteiger partial charge in [-0.25, -0.2) is 17.2 Å². The van der Waals surface area contributed by atoms with Crippen LogP contribution in [0.25, 0.3) is 0 Å². The number of para-hydroxylation sites is 1. The van der Waals surface area contributed by atoms with E-state index in [9.17, 15) is 22.0 Å². The molecule has 0 aromatic heterocycles. The fourth-order valence-electron chi connectivity index (χ4n) is 2.36. The average Bonchev–Trinajstić information content (AvgIpc) is 2.63.